The van der Waals surface area contributed by atoms with E-state index in [0.717, 1.165) is 99.5 Å². The zero-order valence-electron chi connectivity index (χ0n) is 18.4. The number of nitrogens with zero attached hydrogens (tertiary/aromatic N) is 5. The molecule has 0 saturated carbocycles. The van der Waals surface area contributed by atoms with Crippen molar-refractivity contribution in [2.45, 2.75) is 37.5 Å². The van der Waals surface area contributed by atoms with E-state index in [4.69, 9.17) is 14.5 Å². The van der Waals surface area contributed by atoms with Gasteiger partial charge < -0.3 is 14.4 Å². The van der Waals surface area contributed by atoms with Crippen LogP contribution in [0.15, 0.2) is 5.03 Å². The van der Waals surface area contributed by atoms with E-state index in [0.29, 0.717) is 6.61 Å². The van der Waals surface area contributed by atoms with E-state index >= 15 is 0 Å². The van der Waals surface area contributed by atoms with E-state index in [1.165, 1.54) is 0 Å². The lowest BCUT2D eigenvalue weighted by atomic mass is 9.89. The molecule has 164 valence electrons. The Labute approximate surface area is 184 Å². The Kier molecular flexibility index (Phi) is 6.85. The van der Waals surface area contributed by atoms with Crippen molar-refractivity contribution in [3.63, 3.8) is 0 Å². The van der Waals surface area contributed by atoms with Crippen LogP contribution in [0.5, 0.6) is 0 Å². The summed E-state index contributed by atoms with van der Waals surface area (Å²) >= 11 is 1.57. The average Bonchev–Trinajstić information content (AvgIpc) is 2.77. The molecule has 0 atom stereocenters. The minimum atomic E-state index is -0.245. The summed E-state index contributed by atoms with van der Waals surface area (Å²) in [4.78, 5) is 12.4. The minimum absolute atomic E-state index is 0.245. The molecule has 2 fully saturated rings. The first-order valence-corrected chi connectivity index (χ1v) is 12.1. The molecule has 0 spiro atoms. The Bertz CT molecular complexity index is 796. The Morgan fingerprint density at radius 1 is 1.03 bits per heavy atom. The second-order valence-electron chi connectivity index (χ2n) is 8.90. The third-order valence-electron chi connectivity index (χ3n) is 6.38. The van der Waals surface area contributed by atoms with Crippen LogP contribution in [0.3, 0.4) is 0 Å². The van der Waals surface area contributed by atoms with Gasteiger partial charge in [0.05, 0.1) is 31.0 Å². The molecule has 0 bridgehead atoms. The molecule has 3 aliphatic heterocycles. The van der Waals surface area contributed by atoms with Gasteiger partial charge >= 0.3 is 0 Å². The molecule has 4 heterocycles. The number of rotatable bonds is 5. The maximum Gasteiger partial charge on any atom is 0.135 e. The number of thioether (sulfide) groups is 1. The molecule has 0 aromatic carbocycles. The van der Waals surface area contributed by atoms with Crippen LogP contribution in [-0.2, 0) is 22.5 Å². The number of hydrogen-bond acceptors (Lipinski definition) is 8. The van der Waals surface area contributed by atoms with Crippen LogP contribution in [0.25, 0.3) is 0 Å². The van der Waals surface area contributed by atoms with Crippen molar-refractivity contribution >= 4 is 17.6 Å². The number of piperazine rings is 1. The smallest absolute Gasteiger partial charge is 0.135 e. The number of ether oxygens (including phenoxy) is 2. The van der Waals surface area contributed by atoms with Crippen LogP contribution >= 0.6 is 11.8 Å². The lowest BCUT2D eigenvalue weighted by molar-refractivity contribution is -0.0402. The molecule has 0 amide bonds. The van der Waals surface area contributed by atoms with Crippen LogP contribution < -0.4 is 4.90 Å². The van der Waals surface area contributed by atoms with E-state index in [-0.39, 0.29) is 5.60 Å². The molecule has 7 nitrogen and oxygen atoms in total. The van der Waals surface area contributed by atoms with E-state index in [9.17, 15) is 5.26 Å². The van der Waals surface area contributed by atoms with Crippen molar-refractivity contribution in [3.8, 4) is 6.07 Å². The first kappa shape index (κ1) is 21.8. The Hall–Kier alpha value is -1.37. The highest BCUT2D eigenvalue weighted by atomic mass is 32.2. The van der Waals surface area contributed by atoms with Gasteiger partial charge in [-0.05, 0) is 25.7 Å². The number of fused-ring (bicyclic) bond motifs is 1. The summed E-state index contributed by atoms with van der Waals surface area (Å²) in [6.45, 7) is 14.8. The van der Waals surface area contributed by atoms with E-state index in [1.54, 1.807) is 11.8 Å². The summed E-state index contributed by atoms with van der Waals surface area (Å²) < 4.78 is 11.6. The van der Waals surface area contributed by atoms with E-state index < -0.39 is 0 Å². The summed E-state index contributed by atoms with van der Waals surface area (Å²) in [5.74, 6) is 1.02. The lowest BCUT2D eigenvalue weighted by Crippen LogP contribution is -2.50. The Balaban J connectivity index is 1.46. The van der Waals surface area contributed by atoms with Gasteiger partial charge in [0.2, 0.25) is 0 Å². The molecule has 3 aliphatic rings. The predicted molar refractivity (Wildman–Crippen MR) is 119 cm³/mol. The summed E-state index contributed by atoms with van der Waals surface area (Å²) in [6, 6.07) is 2.42. The molecule has 0 aliphatic carbocycles. The largest absolute Gasteiger partial charge is 0.379 e. The second-order valence-corrected chi connectivity index (χ2v) is 9.69. The summed E-state index contributed by atoms with van der Waals surface area (Å²) in [6.07, 6.45) is 2.77. The molecular weight excluding hydrogens is 398 g/mol. The standard InChI is InChI=1S/C22H33N5O2S/c1-22(2)14-17-18(15-23)21(30-3)24-20(19(17)16-29-22)27-8-6-25(7-9-27)4-5-26-10-12-28-13-11-26/h4-14,16H2,1-3H3. The molecule has 1 aromatic heterocycles. The first-order chi connectivity index (χ1) is 14.5. The van der Waals surface area contributed by atoms with Crippen molar-refractivity contribution in [2.24, 2.45) is 0 Å². The highest BCUT2D eigenvalue weighted by Gasteiger charge is 2.33. The monoisotopic (exact) mass is 431 g/mol. The first-order valence-electron chi connectivity index (χ1n) is 10.9. The van der Waals surface area contributed by atoms with Crippen LogP contribution in [0.2, 0.25) is 0 Å². The molecule has 4 rings (SSSR count). The van der Waals surface area contributed by atoms with Crippen LogP contribution in [0.4, 0.5) is 5.82 Å². The van der Waals surface area contributed by atoms with Crippen molar-refractivity contribution in [1.29, 1.82) is 5.26 Å². The van der Waals surface area contributed by atoms with Gasteiger partial charge in [-0.3, -0.25) is 9.80 Å². The topological polar surface area (TPSA) is 64.9 Å². The summed E-state index contributed by atoms with van der Waals surface area (Å²) in [5.41, 5.74) is 2.75. The Morgan fingerprint density at radius 2 is 1.70 bits per heavy atom. The second kappa shape index (κ2) is 9.41. The van der Waals surface area contributed by atoms with Gasteiger partial charge in [0.1, 0.15) is 16.9 Å². The van der Waals surface area contributed by atoms with Crippen molar-refractivity contribution in [1.82, 2.24) is 14.8 Å². The summed E-state index contributed by atoms with van der Waals surface area (Å²) in [7, 11) is 0. The molecular formula is C22H33N5O2S. The molecule has 0 radical (unpaired) electrons. The lowest BCUT2D eigenvalue weighted by Gasteiger charge is -2.40. The zero-order valence-corrected chi connectivity index (χ0v) is 19.3. The molecule has 2 saturated heterocycles. The highest BCUT2D eigenvalue weighted by Crippen LogP contribution is 2.38. The van der Waals surface area contributed by atoms with Gasteiger partial charge in [-0.1, -0.05) is 0 Å². The number of aromatic nitrogens is 1. The predicted octanol–water partition coefficient (Wildman–Crippen LogP) is 1.98. The highest BCUT2D eigenvalue weighted by molar-refractivity contribution is 7.98. The van der Waals surface area contributed by atoms with Gasteiger partial charge in [-0.15, -0.1) is 11.8 Å². The third-order valence-corrected chi connectivity index (χ3v) is 7.06. The number of morpholine rings is 1. The van der Waals surface area contributed by atoms with Gasteiger partial charge in [-0.2, -0.15) is 5.26 Å². The fraction of sp³-hybridized carbons (Fsp3) is 0.727. The number of pyridine rings is 1. The maximum atomic E-state index is 9.80. The normalized spacial score (nSPS) is 22.5. The number of nitriles is 1. The van der Waals surface area contributed by atoms with Crippen LogP contribution in [0, 0.1) is 11.3 Å². The SMILES string of the molecule is CSc1nc(N2CCN(CCN3CCOCC3)CC2)c2c(c1C#N)CC(C)(C)OC2. The zero-order chi connectivity index (χ0) is 21.1. The van der Waals surface area contributed by atoms with Crippen molar-refractivity contribution < 1.29 is 9.47 Å². The number of anilines is 1. The van der Waals surface area contributed by atoms with E-state index in [2.05, 4.69) is 34.6 Å². The molecule has 30 heavy (non-hydrogen) atoms. The van der Waals surface area contributed by atoms with Gasteiger partial charge in [-0.25, -0.2) is 4.98 Å². The fourth-order valence-electron chi connectivity index (χ4n) is 4.54. The van der Waals surface area contributed by atoms with Crippen molar-refractivity contribution in [3.05, 3.63) is 16.7 Å². The maximum absolute atomic E-state index is 9.80. The summed E-state index contributed by atoms with van der Waals surface area (Å²) in [5, 5.41) is 10.6. The Morgan fingerprint density at radius 3 is 2.33 bits per heavy atom. The third kappa shape index (κ3) is 4.76. The molecule has 1 aromatic rings. The molecule has 0 N–H and O–H groups in total. The number of hydrogen-bond donors (Lipinski definition) is 0. The quantitative estimate of drug-likeness (QED) is 0.656. The van der Waals surface area contributed by atoms with Crippen LogP contribution in [0.1, 0.15) is 30.5 Å². The minimum Gasteiger partial charge on any atom is -0.379 e. The fourth-order valence-corrected chi connectivity index (χ4v) is 5.09. The van der Waals surface area contributed by atoms with E-state index in [1.807, 2.05) is 6.26 Å². The van der Waals surface area contributed by atoms with Crippen LogP contribution in [-0.4, -0.2) is 92.2 Å². The molecule has 0 unspecified atom stereocenters. The average molecular weight is 432 g/mol. The van der Waals surface area contributed by atoms with Gasteiger partial charge in [0.15, 0.2) is 0 Å². The van der Waals surface area contributed by atoms with Gasteiger partial charge in [0, 0.05) is 64.3 Å². The van der Waals surface area contributed by atoms with Gasteiger partial charge in [0.25, 0.3) is 0 Å². The van der Waals surface area contributed by atoms with Crippen molar-refractivity contribution in [2.75, 3.05) is 76.7 Å². The molecule has 8 heteroatoms.